The van der Waals surface area contributed by atoms with E-state index in [4.69, 9.17) is 9.84 Å². The minimum atomic E-state index is 0.292. The van der Waals surface area contributed by atoms with Crippen LogP contribution in [-0.2, 0) is 11.2 Å². The molecule has 0 bridgehead atoms. The van der Waals surface area contributed by atoms with Gasteiger partial charge < -0.3 is 9.84 Å². The molecule has 1 unspecified atom stereocenters. The lowest BCUT2D eigenvalue weighted by atomic mass is 10.0. The molecule has 1 atom stereocenters. The fraction of sp³-hybridized carbons (Fsp3) is 0.600. The molecule has 96 valence electrons. The molecule has 0 aliphatic rings. The second-order valence-electron chi connectivity index (χ2n) is 4.45. The van der Waals surface area contributed by atoms with Crippen molar-refractivity contribution in [2.75, 3.05) is 13.7 Å². The zero-order chi connectivity index (χ0) is 12.3. The quantitative estimate of drug-likeness (QED) is 0.667. The van der Waals surface area contributed by atoms with Gasteiger partial charge in [-0.25, -0.2) is 0 Å². The highest BCUT2D eigenvalue weighted by Crippen LogP contribution is 2.13. The summed E-state index contributed by atoms with van der Waals surface area (Å²) in [6.45, 7) is 0.292. The van der Waals surface area contributed by atoms with Gasteiger partial charge in [0.2, 0.25) is 0 Å². The molecule has 0 heterocycles. The van der Waals surface area contributed by atoms with Crippen LogP contribution >= 0.6 is 0 Å². The molecule has 2 nitrogen and oxygen atoms in total. The van der Waals surface area contributed by atoms with Crippen molar-refractivity contribution in [1.82, 2.24) is 0 Å². The van der Waals surface area contributed by atoms with Gasteiger partial charge in [-0.3, -0.25) is 0 Å². The molecule has 0 fully saturated rings. The van der Waals surface area contributed by atoms with Crippen molar-refractivity contribution in [1.29, 1.82) is 0 Å². The molecule has 1 N–H and O–H groups in total. The molecule has 0 aliphatic heterocycles. The van der Waals surface area contributed by atoms with E-state index in [9.17, 15) is 0 Å². The third-order valence-electron chi connectivity index (χ3n) is 3.10. The summed E-state index contributed by atoms with van der Waals surface area (Å²) < 4.78 is 5.45. The lowest BCUT2D eigenvalue weighted by Gasteiger charge is -2.14. The minimum Gasteiger partial charge on any atom is -0.396 e. The van der Waals surface area contributed by atoms with Gasteiger partial charge in [-0.2, -0.15) is 0 Å². The summed E-state index contributed by atoms with van der Waals surface area (Å²) in [6.07, 6.45) is 6.76. The monoisotopic (exact) mass is 236 g/mol. The maximum atomic E-state index is 8.74. The third kappa shape index (κ3) is 6.44. The first-order chi connectivity index (χ1) is 8.36. The van der Waals surface area contributed by atoms with Crippen LogP contribution < -0.4 is 0 Å². The van der Waals surface area contributed by atoms with Gasteiger partial charge in [0.25, 0.3) is 0 Å². The molecule has 0 aromatic heterocycles. The van der Waals surface area contributed by atoms with E-state index in [0.717, 1.165) is 32.1 Å². The highest BCUT2D eigenvalue weighted by Gasteiger charge is 2.06. The van der Waals surface area contributed by atoms with Crippen LogP contribution in [0.3, 0.4) is 0 Å². The Labute approximate surface area is 105 Å². The van der Waals surface area contributed by atoms with Crippen molar-refractivity contribution >= 4 is 0 Å². The molecule has 0 spiro atoms. The van der Waals surface area contributed by atoms with Gasteiger partial charge in [0.15, 0.2) is 0 Å². The number of aliphatic hydroxyl groups excluding tert-OH is 1. The molecule has 0 saturated carbocycles. The summed E-state index contributed by atoms with van der Waals surface area (Å²) in [7, 11) is 1.78. The Morgan fingerprint density at radius 2 is 1.76 bits per heavy atom. The molecule has 0 amide bonds. The van der Waals surface area contributed by atoms with Crippen LogP contribution in [0.2, 0.25) is 0 Å². The molecule has 0 radical (unpaired) electrons. The molecule has 1 aromatic rings. The van der Waals surface area contributed by atoms with Gasteiger partial charge in [0, 0.05) is 13.7 Å². The van der Waals surface area contributed by atoms with E-state index in [2.05, 4.69) is 30.3 Å². The first-order valence-electron chi connectivity index (χ1n) is 6.54. The lowest BCUT2D eigenvalue weighted by molar-refractivity contribution is 0.0826. The van der Waals surface area contributed by atoms with Crippen molar-refractivity contribution in [3.05, 3.63) is 35.9 Å². The molecule has 1 aromatic carbocycles. The number of ether oxygens (including phenoxy) is 1. The number of rotatable bonds is 9. The second kappa shape index (κ2) is 9.20. The van der Waals surface area contributed by atoms with Crippen LogP contribution in [0.1, 0.15) is 37.7 Å². The van der Waals surface area contributed by atoms with Gasteiger partial charge in [-0.1, -0.05) is 30.3 Å². The fourth-order valence-electron chi connectivity index (χ4n) is 2.04. The van der Waals surface area contributed by atoms with E-state index in [1.807, 2.05) is 0 Å². The Kier molecular flexibility index (Phi) is 7.69. The number of benzene rings is 1. The fourth-order valence-corrected chi connectivity index (χ4v) is 2.04. The first-order valence-corrected chi connectivity index (χ1v) is 6.54. The Morgan fingerprint density at radius 1 is 1.06 bits per heavy atom. The van der Waals surface area contributed by atoms with Crippen LogP contribution in [0.15, 0.2) is 30.3 Å². The smallest absolute Gasteiger partial charge is 0.0571 e. The topological polar surface area (TPSA) is 29.5 Å². The second-order valence-corrected chi connectivity index (χ2v) is 4.45. The van der Waals surface area contributed by atoms with Gasteiger partial charge in [0.1, 0.15) is 0 Å². The van der Waals surface area contributed by atoms with Crippen molar-refractivity contribution < 1.29 is 9.84 Å². The minimum absolute atomic E-state index is 0.292. The zero-order valence-corrected chi connectivity index (χ0v) is 10.8. The Hall–Kier alpha value is -0.860. The van der Waals surface area contributed by atoms with Crippen molar-refractivity contribution in [3.8, 4) is 0 Å². The van der Waals surface area contributed by atoms with Gasteiger partial charge in [-0.15, -0.1) is 0 Å². The molecule has 17 heavy (non-hydrogen) atoms. The maximum absolute atomic E-state index is 8.74. The predicted molar refractivity (Wildman–Crippen MR) is 71.1 cm³/mol. The summed E-state index contributed by atoms with van der Waals surface area (Å²) in [6, 6.07) is 10.6. The average Bonchev–Trinajstić information content (AvgIpc) is 2.38. The molecular formula is C15H24O2. The normalized spacial score (nSPS) is 12.6. The highest BCUT2D eigenvalue weighted by atomic mass is 16.5. The maximum Gasteiger partial charge on any atom is 0.0571 e. The van der Waals surface area contributed by atoms with Crippen LogP contribution in [0.25, 0.3) is 0 Å². The molecule has 2 heteroatoms. The van der Waals surface area contributed by atoms with E-state index >= 15 is 0 Å². The number of unbranched alkanes of at least 4 members (excludes halogenated alkanes) is 1. The Balaban J connectivity index is 2.15. The summed E-state index contributed by atoms with van der Waals surface area (Å²) in [4.78, 5) is 0. The van der Waals surface area contributed by atoms with Gasteiger partial charge in [0.05, 0.1) is 6.10 Å². The third-order valence-corrected chi connectivity index (χ3v) is 3.10. The predicted octanol–water partition coefficient (Wildman–Crippen LogP) is 3.19. The lowest BCUT2D eigenvalue weighted by Crippen LogP contribution is -2.11. The molecular weight excluding hydrogens is 212 g/mol. The van der Waals surface area contributed by atoms with Crippen molar-refractivity contribution in [2.24, 2.45) is 0 Å². The Bertz CT molecular complexity index is 272. The zero-order valence-electron chi connectivity index (χ0n) is 10.8. The van der Waals surface area contributed by atoms with Crippen LogP contribution in [0.5, 0.6) is 0 Å². The molecule has 1 rings (SSSR count). The number of aryl methyl sites for hydroxylation is 1. The molecule has 0 aliphatic carbocycles. The van der Waals surface area contributed by atoms with E-state index < -0.39 is 0 Å². The van der Waals surface area contributed by atoms with Crippen LogP contribution in [-0.4, -0.2) is 24.9 Å². The number of methoxy groups -OCH3 is 1. The van der Waals surface area contributed by atoms with Crippen LogP contribution in [0.4, 0.5) is 0 Å². The average molecular weight is 236 g/mol. The van der Waals surface area contributed by atoms with Gasteiger partial charge >= 0.3 is 0 Å². The van der Waals surface area contributed by atoms with E-state index in [0.29, 0.717) is 12.7 Å². The highest BCUT2D eigenvalue weighted by molar-refractivity contribution is 5.14. The summed E-state index contributed by atoms with van der Waals surface area (Å²) in [5.74, 6) is 0. The van der Waals surface area contributed by atoms with E-state index in [1.54, 1.807) is 7.11 Å². The molecule has 0 saturated heterocycles. The van der Waals surface area contributed by atoms with Crippen molar-refractivity contribution in [2.45, 2.75) is 44.6 Å². The summed E-state index contributed by atoms with van der Waals surface area (Å²) >= 11 is 0. The first kappa shape index (κ1) is 14.2. The summed E-state index contributed by atoms with van der Waals surface area (Å²) in [5, 5.41) is 8.74. The Morgan fingerprint density at radius 3 is 2.41 bits per heavy atom. The van der Waals surface area contributed by atoms with E-state index in [-0.39, 0.29) is 0 Å². The van der Waals surface area contributed by atoms with Crippen LogP contribution in [0, 0.1) is 0 Å². The summed E-state index contributed by atoms with van der Waals surface area (Å²) in [5.41, 5.74) is 1.40. The number of aliphatic hydroxyl groups is 1. The number of hydrogen-bond donors (Lipinski definition) is 1. The SMILES string of the molecule is COC(CCCCO)CCCc1ccccc1. The number of hydrogen-bond acceptors (Lipinski definition) is 2. The van der Waals surface area contributed by atoms with Gasteiger partial charge in [-0.05, 0) is 44.1 Å². The largest absolute Gasteiger partial charge is 0.396 e. The standard InChI is InChI=1S/C15H24O2/c1-17-15(11-5-6-13-16)12-7-10-14-8-3-2-4-9-14/h2-4,8-9,15-16H,5-7,10-13H2,1H3. The van der Waals surface area contributed by atoms with Crippen molar-refractivity contribution in [3.63, 3.8) is 0 Å². The van der Waals surface area contributed by atoms with E-state index in [1.165, 1.54) is 12.0 Å².